The van der Waals surface area contributed by atoms with E-state index in [2.05, 4.69) is 23.4 Å². The number of aryl methyl sites for hydroxylation is 1. The first-order chi connectivity index (χ1) is 5.33. The molecule has 0 fully saturated rings. The summed E-state index contributed by atoms with van der Waals surface area (Å²) in [7, 11) is 1.94. The predicted octanol–water partition coefficient (Wildman–Crippen LogP) is 0.572. The zero-order valence-corrected chi connectivity index (χ0v) is 7.17. The van der Waals surface area contributed by atoms with Crippen molar-refractivity contribution in [2.75, 3.05) is 13.1 Å². The minimum absolute atomic E-state index is 1.02. The van der Waals surface area contributed by atoms with Crippen LogP contribution in [-0.2, 0) is 13.5 Å². The van der Waals surface area contributed by atoms with Crippen LogP contribution in [0.4, 0.5) is 0 Å². The average Bonchev–Trinajstić information content (AvgIpc) is 2.37. The third-order valence-electron chi connectivity index (χ3n) is 1.58. The van der Waals surface area contributed by atoms with E-state index in [1.165, 1.54) is 0 Å². The summed E-state index contributed by atoms with van der Waals surface area (Å²) >= 11 is 0. The molecule has 1 heterocycles. The van der Waals surface area contributed by atoms with Crippen molar-refractivity contribution in [3.8, 4) is 0 Å². The van der Waals surface area contributed by atoms with Gasteiger partial charge in [0.05, 0.1) is 5.69 Å². The molecule has 62 valence electrons. The fraction of sp³-hybridized carbons (Fsp3) is 0.625. The molecule has 0 bridgehead atoms. The summed E-state index contributed by atoms with van der Waals surface area (Å²) in [5, 5.41) is 7.52. The molecule has 0 radical (unpaired) electrons. The van der Waals surface area contributed by atoms with Gasteiger partial charge in [0.1, 0.15) is 0 Å². The molecule has 0 aliphatic rings. The summed E-state index contributed by atoms with van der Waals surface area (Å²) in [6.45, 7) is 4.17. The number of nitrogens with one attached hydrogen (secondary N) is 1. The molecule has 1 aromatic heterocycles. The van der Waals surface area contributed by atoms with Gasteiger partial charge in [0, 0.05) is 26.2 Å². The Hall–Kier alpha value is -0.830. The second kappa shape index (κ2) is 4.13. The van der Waals surface area contributed by atoms with E-state index in [0.717, 1.165) is 25.2 Å². The predicted molar refractivity (Wildman–Crippen MR) is 45.5 cm³/mol. The highest BCUT2D eigenvalue weighted by Crippen LogP contribution is 1.93. The first kappa shape index (κ1) is 8.27. The maximum absolute atomic E-state index is 4.26. The lowest BCUT2D eigenvalue weighted by atomic mass is 10.3. The summed E-state index contributed by atoms with van der Waals surface area (Å²) in [6.07, 6.45) is 3.00. The van der Waals surface area contributed by atoms with Crippen LogP contribution in [0.2, 0.25) is 0 Å². The minimum Gasteiger partial charge on any atom is -0.317 e. The average molecular weight is 153 g/mol. The van der Waals surface area contributed by atoms with E-state index in [-0.39, 0.29) is 0 Å². The summed E-state index contributed by atoms with van der Waals surface area (Å²) in [4.78, 5) is 0. The highest BCUT2D eigenvalue weighted by molar-refractivity contribution is 4.98. The Kier molecular flexibility index (Phi) is 3.11. The van der Waals surface area contributed by atoms with Crippen molar-refractivity contribution >= 4 is 0 Å². The summed E-state index contributed by atoms with van der Waals surface area (Å²) in [5.74, 6) is 0. The third-order valence-corrected chi connectivity index (χ3v) is 1.58. The van der Waals surface area contributed by atoms with Gasteiger partial charge in [0.25, 0.3) is 0 Å². The number of aromatic nitrogens is 2. The SMILES string of the molecule is CCNCCc1ccn(C)n1. The first-order valence-electron chi connectivity index (χ1n) is 4.02. The van der Waals surface area contributed by atoms with Gasteiger partial charge >= 0.3 is 0 Å². The van der Waals surface area contributed by atoms with Gasteiger partial charge in [0.15, 0.2) is 0 Å². The van der Waals surface area contributed by atoms with Crippen molar-refractivity contribution in [1.29, 1.82) is 0 Å². The van der Waals surface area contributed by atoms with E-state index in [0.29, 0.717) is 0 Å². The Morgan fingerprint density at radius 1 is 1.64 bits per heavy atom. The van der Waals surface area contributed by atoms with E-state index in [4.69, 9.17) is 0 Å². The van der Waals surface area contributed by atoms with E-state index in [9.17, 15) is 0 Å². The Morgan fingerprint density at radius 3 is 3.00 bits per heavy atom. The summed E-state index contributed by atoms with van der Waals surface area (Å²) < 4.78 is 1.83. The molecule has 0 saturated carbocycles. The van der Waals surface area contributed by atoms with Crippen LogP contribution in [0.25, 0.3) is 0 Å². The minimum atomic E-state index is 1.02. The Morgan fingerprint density at radius 2 is 2.45 bits per heavy atom. The monoisotopic (exact) mass is 153 g/mol. The summed E-state index contributed by atoms with van der Waals surface area (Å²) in [6, 6.07) is 2.05. The van der Waals surface area contributed by atoms with Gasteiger partial charge in [0.2, 0.25) is 0 Å². The largest absolute Gasteiger partial charge is 0.317 e. The molecule has 0 unspecified atom stereocenters. The number of hydrogen-bond acceptors (Lipinski definition) is 2. The maximum Gasteiger partial charge on any atom is 0.0637 e. The molecule has 11 heavy (non-hydrogen) atoms. The lowest BCUT2D eigenvalue weighted by Crippen LogP contribution is -2.16. The molecule has 0 aliphatic carbocycles. The number of nitrogens with zero attached hydrogens (tertiary/aromatic N) is 2. The highest BCUT2D eigenvalue weighted by Gasteiger charge is 1.94. The number of likely N-dealkylation sites (N-methyl/N-ethyl adjacent to an activating group) is 1. The number of rotatable bonds is 4. The van der Waals surface area contributed by atoms with Crippen molar-refractivity contribution in [3.05, 3.63) is 18.0 Å². The normalized spacial score (nSPS) is 10.4. The summed E-state index contributed by atoms with van der Waals surface area (Å²) in [5.41, 5.74) is 1.16. The zero-order chi connectivity index (χ0) is 8.10. The van der Waals surface area contributed by atoms with Crippen molar-refractivity contribution in [2.45, 2.75) is 13.3 Å². The maximum atomic E-state index is 4.26. The van der Waals surface area contributed by atoms with Gasteiger partial charge in [-0.15, -0.1) is 0 Å². The van der Waals surface area contributed by atoms with Crippen LogP contribution < -0.4 is 5.32 Å². The molecule has 3 nitrogen and oxygen atoms in total. The van der Waals surface area contributed by atoms with Gasteiger partial charge in [-0.25, -0.2) is 0 Å². The van der Waals surface area contributed by atoms with Crippen molar-refractivity contribution in [2.24, 2.45) is 7.05 Å². The second-order valence-corrected chi connectivity index (χ2v) is 2.58. The van der Waals surface area contributed by atoms with E-state index in [1.807, 2.05) is 17.9 Å². The fourth-order valence-corrected chi connectivity index (χ4v) is 0.990. The molecule has 1 rings (SSSR count). The molecule has 1 aromatic rings. The van der Waals surface area contributed by atoms with E-state index < -0.39 is 0 Å². The lowest BCUT2D eigenvalue weighted by Gasteiger charge is -1.96. The van der Waals surface area contributed by atoms with Gasteiger partial charge in [-0.05, 0) is 12.6 Å². The van der Waals surface area contributed by atoms with Crippen LogP contribution in [0.5, 0.6) is 0 Å². The molecule has 0 amide bonds. The van der Waals surface area contributed by atoms with Crippen LogP contribution in [-0.4, -0.2) is 22.9 Å². The van der Waals surface area contributed by atoms with Crippen LogP contribution in [0, 0.1) is 0 Å². The first-order valence-corrected chi connectivity index (χ1v) is 4.02. The van der Waals surface area contributed by atoms with Crippen molar-refractivity contribution < 1.29 is 0 Å². The van der Waals surface area contributed by atoms with Crippen LogP contribution in [0.15, 0.2) is 12.3 Å². The van der Waals surface area contributed by atoms with Crippen LogP contribution in [0.3, 0.4) is 0 Å². The molecular formula is C8H15N3. The van der Waals surface area contributed by atoms with E-state index >= 15 is 0 Å². The zero-order valence-electron chi connectivity index (χ0n) is 7.17. The van der Waals surface area contributed by atoms with Crippen LogP contribution in [0.1, 0.15) is 12.6 Å². The van der Waals surface area contributed by atoms with Gasteiger partial charge < -0.3 is 5.32 Å². The molecule has 0 aliphatic heterocycles. The van der Waals surface area contributed by atoms with E-state index in [1.54, 1.807) is 0 Å². The molecule has 0 spiro atoms. The smallest absolute Gasteiger partial charge is 0.0637 e. The Balaban J connectivity index is 2.27. The van der Waals surface area contributed by atoms with Crippen molar-refractivity contribution in [3.63, 3.8) is 0 Å². The Labute approximate surface area is 67.4 Å². The topological polar surface area (TPSA) is 29.9 Å². The van der Waals surface area contributed by atoms with Gasteiger partial charge in [-0.3, -0.25) is 4.68 Å². The quantitative estimate of drug-likeness (QED) is 0.641. The Bertz CT molecular complexity index is 205. The van der Waals surface area contributed by atoms with Gasteiger partial charge in [-0.2, -0.15) is 5.10 Å². The molecule has 0 saturated heterocycles. The van der Waals surface area contributed by atoms with Crippen molar-refractivity contribution in [1.82, 2.24) is 15.1 Å². The molecule has 3 heteroatoms. The standard InChI is InChI=1S/C8H15N3/c1-3-9-6-4-8-5-7-11(2)10-8/h5,7,9H,3-4,6H2,1-2H3. The third kappa shape index (κ3) is 2.72. The molecular weight excluding hydrogens is 138 g/mol. The van der Waals surface area contributed by atoms with Gasteiger partial charge in [-0.1, -0.05) is 6.92 Å². The highest BCUT2D eigenvalue weighted by atomic mass is 15.2. The molecule has 0 aromatic carbocycles. The second-order valence-electron chi connectivity index (χ2n) is 2.58. The molecule has 1 N–H and O–H groups in total. The lowest BCUT2D eigenvalue weighted by molar-refractivity contribution is 0.685. The number of hydrogen-bond donors (Lipinski definition) is 1. The van der Waals surface area contributed by atoms with Crippen LogP contribution >= 0.6 is 0 Å². The fourth-order valence-electron chi connectivity index (χ4n) is 0.990. The molecule has 0 atom stereocenters.